The van der Waals surface area contributed by atoms with Crippen LogP contribution in [0.1, 0.15) is 42.4 Å². The van der Waals surface area contributed by atoms with E-state index in [0.29, 0.717) is 17.9 Å². The molecule has 0 fully saturated rings. The van der Waals surface area contributed by atoms with Gasteiger partial charge in [0.25, 0.3) is 5.91 Å². The molecular weight excluding hydrogens is 430 g/mol. The third kappa shape index (κ3) is 4.47. The number of fused-ring (bicyclic) bond motifs is 1. The Bertz CT molecular complexity index is 1460. The van der Waals surface area contributed by atoms with Gasteiger partial charge in [0.1, 0.15) is 17.2 Å². The molecule has 1 unspecified atom stereocenters. The fraction of sp³-hybridized carbons (Fsp3) is 0.161. The van der Waals surface area contributed by atoms with E-state index in [-0.39, 0.29) is 11.9 Å². The summed E-state index contributed by atoms with van der Waals surface area (Å²) in [7, 11) is 0. The standard InChI is InChI=1S/C31H29N3O/c1-3-27(23-14-7-5-8-15-23)32-31(35)29-28(26-20-19-22-13-11-12-18-25(22)21-26)33-30(34(29)4-2)24-16-9-6-10-17-24/h5-21,27H,3-4H2,1-2H3,(H,32,35). The molecule has 0 aliphatic heterocycles. The lowest BCUT2D eigenvalue weighted by molar-refractivity contribution is 0.0927. The quantitative estimate of drug-likeness (QED) is 0.278. The van der Waals surface area contributed by atoms with Crippen LogP contribution in [0.25, 0.3) is 33.4 Å². The first-order chi connectivity index (χ1) is 17.2. The summed E-state index contributed by atoms with van der Waals surface area (Å²) in [6, 6.07) is 34.7. The van der Waals surface area contributed by atoms with E-state index >= 15 is 0 Å². The average Bonchev–Trinajstić information content (AvgIpc) is 3.32. The van der Waals surface area contributed by atoms with E-state index < -0.39 is 0 Å². The highest BCUT2D eigenvalue weighted by molar-refractivity contribution is 6.01. The van der Waals surface area contributed by atoms with Crippen LogP contribution in [-0.4, -0.2) is 15.5 Å². The van der Waals surface area contributed by atoms with Crippen molar-refractivity contribution in [1.82, 2.24) is 14.9 Å². The SMILES string of the molecule is CCC(NC(=O)c1c(-c2ccc3ccccc3c2)nc(-c2ccccc2)n1CC)c1ccccc1. The van der Waals surface area contributed by atoms with Crippen molar-refractivity contribution in [2.24, 2.45) is 0 Å². The van der Waals surface area contributed by atoms with E-state index in [2.05, 4.69) is 61.6 Å². The normalized spacial score (nSPS) is 11.9. The summed E-state index contributed by atoms with van der Waals surface area (Å²) in [5, 5.41) is 5.57. The van der Waals surface area contributed by atoms with Gasteiger partial charge in [-0.15, -0.1) is 0 Å². The number of amides is 1. The van der Waals surface area contributed by atoms with Crippen molar-refractivity contribution in [3.63, 3.8) is 0 Å². The maximum absolute atomic E-state index is 13.9. The molecule has 0 aliphatic rings. The Morgan fingerprint density at radius 1 is 0.800 bits per heavy atom. The van der Waals surface area contributed by atoms with Gasteiger partial charge < -0.3 is 9.88 Å². The summed E-state index contributed by atoms with van der Waals surface area (Å²) in [5.41, 5.74) is 4.32. The van der Waals surface area contributed by atoms with Crippen LogP contribution in [0, 0.1) is 0 Å². The highest BCUT2D eigenvalue weighted by Crippen LogP contribution is 2.32. The second-order valence-corrected chi connectivity index (χ2v) is 8.65. The summed E-state index contributed by atoms with van der Waals surface area (Å²) in [6.45, 7) is 4.79. The Labute approximate surface area is 206 Å². The predicted octanol–water partition coefficient (Wildman–Crippen LogP) is 7.27. The number of benzene rings is 4. The number of aromatic nitrogens is 2. The Balaban J connectivity index is 1.65. The predicted molar refractivity (Wildman–Crippen MR) is 143 cm³/mol. The van der Waals surface area contributed by atoms with Crippen molar-refractivity contribution < 1.29 is 4.79 Å². The zero-order chi connectivity index (χ0) is 24.2. The van der Waals surface area contributed by atoms with Gasteiger partial charge in [-0.2, -0.15) is 0 Å². The molecule has 1 heterocycles. The van der Waals surface area contributed by atoms with Crippen LogP contribution in [0.3, 0.4) is 0 Å². The van der Waals surface area contributed by atoms with E-state index in [9.17, 15) is 4.79 Å². The third-order valence-electron chi connectivity index (χ3n) is 6.47. The van der Waals surface area contributed by atoms with Gasteiger partial charge in [-0.25, -0.2) is 4.98 Å². The minimum atomic E-state index is -0.111. The van der Waals surface area contributed by atoms with Gasteiger partial charge in [-0.1, -0.05) is 104 Å². The summed E-state index contributed by atoms with van der Waals surface area (Å²) >= 11 is 0. The van der Waals surface area contributed by atoms with Crippen LogP contribution in [0.15, 0.2) is 103 Å². The van der Waals surface area contributed by atoms with Gasteiger partial charge >= 0.3 is 0 Å². The number of nitrogens with one attached hydrogen (secondary N) is 1. The molecule has 1 N–H and O–H groups in total. The molecular formula is C31H29N3O. The van der Waals surface area contributed by atoms with Gasteiger partial charge in [0.05, 0.1) is 6.04 Å². The lowest BCUT2D eigenvalue weighted by Crippen LogP contribution is -2.30. The fourth-order valence-electron chi connectivity index (χ4n) is 4.67. The lowest BCUT2D eigenvalue weighted by atomic mass is 10.0. The summed E-state index contributed by atoms with van der Waals surface area (Å²) in [6.07, 6.45) is 0.798. The van der Waals surface area contributed by atoms with Crippen molar-refractivity contribution in [2.45, 2.75) is 32.9 Å². The topological polar surface area (TPSA) is 46.9 Å². The van der Waals surface area contributed by atoms with E-state index in [4.69, 9.17) is 4.98 Å². The Morgan fingerprint density at radius 3 is 2.14 bits per heavy atom. The first-order valence-electron chi connectivity index (χ1n) is 12.2. The van der Waals surface area contributed by atoms with Crippen molar-refractivity contribution in [3.05, 3.63) is 114 Å². The Hall–Kier alpha value is -4.18. The molecule has 1 atom stereocenters. The number of carbonyl (C=O) groups is 1. The molecule has 4 heteroatoms. The number of carbonyl (C=O) groups excluding carboxylic acids is 1. The maximum atomic E-state index is 13.9. The molecule has 0 aliphatic carbocycles. The van der Waals surface area contributed by atoms with Crippen LogP contribution < -0.4 is 5.32 Å². The molecule has 4 nitrogen and oxygen atoms in total. The van der Waals surface area contributed by atoms with Crippen molar-refractivity contribution in [3.8, 4) is 22.6 Å². The fourth-order valence-corrected chi connectivity index (χ4v) is 4.67. The molecule has 5 rings (SSSR count). The largest absolute Gasteiger partial charge is 0.344 e. The molecule has 4 aromatic carbocycles. The number of imidazole rings is 1. The van der Waals surface area contributed by atoms with Gasteiger partial charge in [-0.3, -0.25) is 4.79 Å². The van der Waals surface area contributed by atoms with E-state index in [1.807, 2.05) is 65.2 Å². The van der Waals surface area contributed by atoms with E-state index in [1.165, 1.54) is 0 Å². The molecule has 1 aromatic heterocycles. The molecule has 1 amide bonds. The summed E-state index contributed by atoms with van der Waals surface area (Å²) in [5.74, 6) is 0.689. The highest BCUT2D eigenvalue weighted by atomic mass is 16.2. The zero-order valence-electron chi connectivity index (χ0n) is 20.1. The average molecular weight is 460 g/mol. The van der Waals surface area contributed by atoms with Crippen LogP contribution >= 0.6 is 0 Å². The van der Waals surface area contributed by atoms with Crippen LogP contribution in [0.5, 0.6) is 0 Å². The first kappa shape index (κ1) is 22.6. The first-order valence-corrected chi connectivity index (χ1v) is 12.2. The monoisotopic (exact) mass is 459 g/mol. The summed E-state index contributed by atoms with van der Waals surface area (Å²) < 4.78 is 2.03. The number of hydrogen-bond acceptors (Lipinski definition) is 2. The Kier molecular flexibility index (Phi) is 6.44. The van der Waals surface area contributed by atoms with E-state index in [0.717, 1.165) is 39.7 Å². The molecule has 0 bridgehead atoms. The minimum Gasteiger partial charge on any atom is -0.344 e. The van der Waals surface area contributed by atoms with Crippen molar-refractivity contribution >= 4 is 16.7 Å². The second-order valence-electron chi connectivity index (χ2n) is 8.65. The number of rotatable bonds is 7. The molecule has 35 heavy (non-hydrogen) atoms. The number of nitrogens with zero attached hydrogens (tertiary/aromatic N) is 2. The molecule has 0 spiro atoms. The van der Waals surface area contributed by atoms with Crippen LogP contribution in [0.2, 0.25) is 0 Å². The van der Waals surface area contributed by atoms with Crippen LogP contribution in [0.4, 0.5) is 0 Å². The Morgan fingerprint density at radius 2 is 1.46 bits per heavy atom. The molecule has 5 aromatic rings. The zero-order valence-corrected chi connectivity index (χ0v) is 20.1. The van der Waals surface area contributed by atoms with Crippen LogP contribution in [-0.2, 0) is 6.54 Å². The van der Waals surface area contributed by atoms with Crippen molar-refractivity contribution in [2.75, 3.05) is 0 Å². The molecule has 0 radical (unpaired) electrons. The van der Waals surface area contributed by atoms with Gasteiger partial charge in [0.2, 0.25) is 0 Å². The van der Waals surface area contributed by atoms with Crippen molar-refractivity contribution in [1.29, 1.82) is 0 Å². The number of hydrogen-bond donors (Lipinski definition) is 1. The molecule has 174 valence electrons. The third-order valence-corrected chi connectivity index (χ3v) is 6.47. The second kappa shape index (κ2) is 9.98. The van der Waals surface area contributed by atoms with Gasteiger partial charge in [0, 0.05) is 17.7 Å². The maximum Gasteiger partial charge on any atom is 0.270 e. The summed E-state index contributed by atoms with van der Waals surface area (Å²) in [4.78, 5) is 19.0. The molecule has 0 saturated carbocycles. The van der Waals surface area contributed by atoms with E-state index in [1.54, 1.807) is 0 Å². The van der Waals surface area contributed by atoms with Gasteiger partial charge in [0.15, 0.2) is 0 Å². The molecule has 0 saturated heterocycles. The minimum absolute atomic E-state index is 0.0754. The smallest absolute Gasteiger partial charge is 0.270 e. The van der Waals surface area contributed by atoms with Gasteiger partial charge in [-0.05, 0) is 35.7 Å². The highest BCUT2D eigenvalue weighted by Gasteiger charge is 2.26. The lowest BCUT2D eigenvalue weighted by Gasteiger charge is -2.19.